The van der Waals surface area contributed by atoms with Gasteiger partial charge in [-0.25, -0.2) is 4.98 Å². The van der Waals surface area contributed by atoms with Gasteiger partial charge in [0.1, 0.15) is 11.1 Å². The van der Waals surface area contributed by atoms with Gasteiger partial charge in [-0.2, -0.15) is 0 Å². The highest BCUT2D eigenvalue weighted by molar-refractivity contribution is 6.16. The van der Waals surface area contributed by atoms with Crippen LogP contribution in [0.5, 0.6) is 0 Å². The minimum atomic E-state index is -2.32. The zero-order valence-corrected chi connectivity index (χ0v) is 16.6. The minimum Gasteiger partial charge on any atom is -0.453 e. The number of furan rings is 1. The van der Waals surface area contributed by atoms with Crippen molar-refractivity contribution < 1.29 is 11.3 Å². The van der Waals surface area contributed by atoms with Crippen LogP contribution in [-0.4, -0.2) is 9.97 Å². The van der Waals surface area contributed by atoms with E-state index in [4.69, 9.17) is 11.3 Å². The molecular formula is C26H24N2O. The first-order valence-electron chi connectivity index (χ1n) is 12.1. The summed E-state index contributed by atoms with van der Waals surface area (Å²) in [6, 6.07) is 16.4. The third-order valence-corrected chi connectivity index (χ3v) is 4.88. The van der Waals surface area contributed by atoms with Crippen LogP contribution in [0.1, 0.15) is 38.9 Å². The van der Waals surface area contributed by atoms with Crippen molar-refractivity contribution in [2.24, 2.45) is 5.41 Å². The van der Waals surface area contributed by atoms with Crippen molar-refractivity contribution in [1.29, 1.82) is 0 Å². The van der Waals surface area contributed by atoms with E-state index in [0.717, 1.165) is 21.7 Å². The van der Waals surface area contributed by atoms with Crippen molar-refractivity contribution in [3.8, 4) is 11.3 Å². The summed E-state index contributed by atoms with van der Waals surface area (Å²) in [6.45, 7) is 3.31. The molecule has 0 atom stereocenters. The average molecular weight is 386 g/mol. The fourth-order valence-electron chi connectivity index (χ4n) is 3.73. The van der Waals surface area contributed by atoms with Crippen LogP contribution in [0, 0.1) is 12.3 Å². The van der Waals surface area contributed by atoms with Gasteiger partial charge in [-0.15, -0.1) is 0 Å². The zero-order chi connectivity index (χ0) is 24.5. The molecule has 0 fully saturated rings. The van der Waals surface area contributed by atoms with E-state index in [1.807, 2.05) is 51.1 Å². The second kappa shape index (κ2) is 6.41. The quantitative estimate of drug-likeness (QED) is 0.325. The van der Waals surface area contributed by atoms with Crippen LogP contribution in [0.3, 0.4) is 0 Å². The van der Waals surface area contributed by atoms with E-state index in [1.54, 1.807) is 24.4 Å². The van der Waals surface area contributed by atoms with E-state index in [2.05, 4.69) is 9.97 Å². The van der Waals surface area contributed by atoms with E-state index >= 15 is 0 Å². The highest BCUT2D eigenvalue weighted by Gasteiger charge is 2.17. The maximum atomic E-state index is 8.65. The molecule has 0 N–H and O–H groups in total. The lowest BCUT2D eigenvalue weighted by Gasteiger charge is -2.18. The van der Waals surface area contributed by atoms with Crippen molar-refractivity contribution in [3.05, 3.63) is 72.1 Å². The molecule has 0 aliphatic heterocycles. The van der Waals surface area contributed by atoms with Crippen LogP contribution in [0.25, 0.3) is 44.1 Å². The molecule has 0 saturated carbocycles. The van der Waals surface area contributed by atoms with Crippen LogP contribution >= 0.6 is 0 Å². The second-order valence-corrected chi connectivity index (χ2v) is 8.30. The van der Waals surface area contributed by atoms with Crippen LogP contribution < -0.4 is 0 Å². The molecule has 0 bridgehead atoms. The summed E-state index contributed by atoms with van der Waals surface area (Å²) in [7, 11) is 0. The molecule has 3 nitrogen and oxygen atoms in total. The summed E-state index contributed by atoms with van der Waals surface area (Å²) < 4.78 is 46.8. The third kappa shape index (κ3) is 3.17. The second-order valence-electron chi connectivity index (χ2n) is 8.30. The number of aryl methyl sites for hydroxylation is 1. The molecule has 144 valence electrons. The fourth-order valence-corrected chi connectivity index (χ4v) is 3.73. The lowest BCUT2D eigenvalue weighted by molar-refractivity contribution is 0.411. The molecular weight excluding hydrogens is 356 g/mol. The number of nitrogens with zero attached hydrogens (tertiary/aromatic N) is 2. The van der Waals surface area contributed by atoms with Crippen LogP contribution in [0.4, 0.5) is 0 Å². The molecule has 0 saturated heterocycles. The summed E-state index contributed by atoms with van der Waals surface area (Å²) >= 11 is 0. The summed E-state index contributed by atoms with van der Waals surface area (Å²) in [4.78, 5) is 8.94. The average Bonchev–Trinajstić information content (AvgIpc) is 3.17. The molecule has 5 rings (SSSR count). The maximum Gasteiger partial charge on any atom is 0.161 e. The Morgan fingerprint density at radius 1 is 1.00 bits per heavy atom. The SMILES string of the molecule is [2H]C([2H])([2H])c1ccc2ccc3c4cccc(-c5cc(C([2H])([2H])C(C)(C)C)ccn5)c4oc3c2n1. The topological polar surface area (TPSA) is 38.9 Å². The molecule has 3 heteroatoms. The molecule has 0 spiro atoms. The van der Waals surface area contributed by atoms with Gasteiger partial charge in [0.25, 0.3) is 0 Å². The van der Waals surface area contributed by atoms with E-state index in [9.17, 15) is 0 Å². The fraction of sp³-hybridized carbons (Fsp3) is 0.231. The van der Waals surface area contributed by atoms with Crippen LogP contribution in [0.15, 0.2) is 65.2 Å². The van der Waals surface area contributed by atoms with Crippen LogP contribution in [0.2, 0.25) is 0 Å². The summed E-state index contributed by atoms with van der Waals surface area (Å²) in [5.41, 5.74) is 2.94. The Morgan fingerprint density at radius 3 is 2.66 bits per heavy atom. The maximum absolute atomic E-state index is 8.65. The molecule has 5 aromatic rings. The highest BCUT2D eigenvalue weighted by atomic mass is 16.3. The Bertz CT molecular complexity index is 1560. The van der Waals surface area contributed by atoms with Gasteiger partial charge in [-0.1, -0.05) is 45.0 Å². The minimum absolute atomic E-state index is 0.0203. The molecule has 3 aromatic heterocycles. The van der Waals surface area contributed by atoms with Gasteiger partial charge in [0.05, 0.1) is 5.69 Å². The molecule has 0 radical (unpaired) electrons. The number of hydrogen-bond donors (Lipinski definition) is 0. The summed E-state index contributed by atoms with van der Waals surface area (Å²) in [5.74, 6) is 0. The Hall–Kier alpha value is -3.20. The molecule has 0 aliphatic carbocycles. The molecule has 0 amide bonds. The van der Waals surface area contributed by atoms with Gasteiger partial charge in [0.2, 0.25) is 0 Å². The van der Waals surface area contributed by atoms with Gasteiger partial charge >= 0.3 is 0 Å². The van der Waals surface area contributed by atoms with Gasteiger partial charge < -0.3 is 4.42 Å². The Labute approximate surface area is 177 Å². The van der Waals surface area contributed by atoms with E-state index in [0.29, 0.717) is 27.9 Å². The Morgan fingerprint density at radius 2 is 1.83 bits per heavy atom. The predicted molar refractivity (Wildman–Crippen MR) is 120 cm³/mol. The van der Waals surface area contributed by atoms with Crippen molar-refractivity contribution in [2.75, 3.05) is 0 Å². The van der Waals surface area contributed by atoms with Crippen LogP contribution in [-0.2, 0) is 6.37 Å². The normalized spacial score (nSPS) is 15.8. The predicted octanol–water partition coefficient (Wildman–Crippen LogP) is 7.09. The Balaban J connectivity index is 1.76. The standard InChI is InChI=1S/C26H24N2O/c1-16-8-9-18-10-11-20-19-6-5-7-21(24(19)29-25(20)23(18)28-16)22-14-17(12-13-27-22)15-26(2,3)4/h5-14H,15H2,1-4H3/i1D3,15D2. The Kier molecular flexibility index (Phi) is 2.90. The summed E-state index contributed by atoms with van der Waals surface area (Å²) in [6.07, 6.45) is 0.0630. The van der Waals surface area contributed by atoms with Crippen molar-refractivity contribution in [3.63, 3.8) is 0 Å². The number of rotatable bonds is 2. The first-order valence-corrected chi connectivity index (χ1v) is 9.60. The number of pyridine rings is 2. The largest absolute Gasteiger partial charge is 0.453 e. The van der Waals surface area contributed by atoms with Gasteiger partial charge in [-0.3, -0.25) is 4.98 Å². The van der Waals surface area contributed by atoms with Crippen molar-refractivity contribution in [2.45, 2.75) is 34.0 Å². The third-order valence-electron chi connectivity index (χ3n) is 4.88. The van der Waals surface area contributed by atoms with Crippen molar-refractivity contribution in [1.82, 2.24) is 9.97 Å². The molecule has 29 heavy (non-hydrogen) atoms. The van der Waals surface area contributed by atoms with E-state index in [1.165, 1.54) is 6.07 Å². The van der Waals surface area contributed by atoms with Gasteiger partial charge in [0, 0.05) is 40.5 Å². The molecule has 0 unspecified atom stereocenters. The number of aromatic nitrogens is 2. The van der Waals surface area contributed by atoms with E-state index in [-0.39, 0.29) is 5.69 Å². The number of para-hydroxylation sites is 1. The van der Waals surface area contributed by atoms with Gasteiger partial charge in [-0.05, 0) is 54.5 Å². The lowest BCUT2D eigenvalue weighted by Crippen LogP contribution is -2.09. The molecule has 0 aliphatic rings. The monoisotopic (exact) mass is 385 g/mol. The first kappa shape index (κ1) is 13.1. The smallest absolute Gasteiger partial charge is 0.161 e. The molecule has 2 aromatic carbocycles. The number of hydrogen-bond acceptors (Lipinski definition) is 3. The molecule has 3 heterocycles. The summed E-state index contributed by atoms with van der Waals surface area (Å²) in [5, 5.41) is 2.49. The highest BCUT2D eigenvalue weighted by Crippen LogP contribution is 2.38. The zero-order valence-electron chi connectivity index (χ0n) is 21.6. The van der Waals surface area contributed by atoms with Gasteiger partial charge in [0.15, 0.2) is 5.58 Å². The lowest BCUT2D eigenvalue weighted by atomic mass is 9.88. The number of benzene rings is 2. The number of fused-ring (bicyclic) bond motifs is 5. The first-order chi connectivity index (χ1) is 15.9. The van der Waals surface area contributed by atoms with E-state index < -0.39 is 18.6 Å². The van der Waals surface area contributed by atoms with Crippen molar-refractivity contribution >= 4 is 32.8 Å².